The van der Waals surface area contributed by atoms with Gasteiger partial charge in [0.05, 0.1) is 6.42 Å². The lowest BCUT2D eigenvalue weighted by atomic mass is 9.86. The third kappa shape index (κ3) is 6.17. The summed E-state index contributed by atoms with van der Waals surface area (Å²) in [6, 6.07) is 6.95. The molecule has 0 N–H and O–H groups in total. The van der Waals surface area contributed by atoms with Gasteiger partial charge in [-0.1, -0.05) is 20.8 Å². The molecule has 0 fully saturated rings. The Balaban J connectivity index is 2.42. The second-order valence-corrected chi connectivity index (χ2v) is 5.99. The van der Waals surface area contributed by atoms with Crippen LogP contribution in [-0.4, -0.2) is 30.8 Å². The lowest BCUT2D eigenvalue weighted by Crippen LogP contribution is -2.20. The second kappa shape index (κ2) is 8.03. The molecule has 116 valence electrons. The van der Waals surface area contributed by atoms with Gasteiger partial charge in [-0.25, -0.2) is 0 Å². The van der Waals surface area contributed by atoms with Crippen molar-refractivity contribution in [2.75, 3.05) is 19.1 Å². The van der Waals surface area contributed by atoms with Crippen LogP contribution in [0.4, 0.5) is 0 Å². The summed E-state index contributed by atoms with van der Waals surface area (Å²) in [6.45, 7) is 6.10. The summed E-state index contributed by atoms with van der Waals surface area (Å²) in [5.74, 6) is 0.640. The van der Waals surface area contributed by atoms with E-state index in [1.54, 1.807) is 24.3 Å². The molecular formula is C16H21ClO4. The maximum absolute atomic E-state index is 12.1. The first-order chi connectivity index (χ1) is 9.84. The Bertz CT molecular complexity index is 474. The molecule has 0 amide bonds. The number of benzene rings is 1. The minimum absolute atomic E-state index is 0.0871. The Morgan fingerprint density at radius 2 is 1.71 bits per heavy atom. The molecular weight excluding hydrogens is 292 g/mol. The van der Waals surface area contributed by atoms with E-state index in [-0.39, 0.29) is 37.3 Å². The maximum Gasteiger partial charge on any atom is 0.307 e. The lowest BCUT2D eigenvalue weighted by Gasteiger charge is -2.16. The van der Waals surface area contributed by atoms with Gasteiger partial charge in [-0.2, -0.15) is 0 Å². The Morgan fingerprint density at radius 3 is 2.24 bits per heavy atom. The van der Waals surface area contributed by atoms with Crippen molar-refractivity contribution >= 4 is 23.4 Å². The van der Waals surface area contributed by atoms with E-state index in [2.05, 4.69) is 0 Å². The fraction of sp³-hybridized carbons (Fsp3) is 0.500. The first-order valence-corrected chi connectivity index (χ1v) is 7.37. The van der Waals surface area contributed by atoms with Crippen LogP contribution in [0.1, 0.15) is 37.6 Å². The molecule has 0 radical (unpaired) electrons. The van der Waals surface area contributed by atoms with Gasteiger partial charge < -0.3 is 9.47 Å². The zero-order chi connectivity index (χ0) is 15.9. The van der Waals surface area contributed by atoms with E-state index in [0.717, 1.165) is 0 Å². The Morgan fingerprint density at radius 1 is 1.10 bits per heavy atom. The lowest BCUT2D eigenvalue weighted by molar-refractivity contribution is -0.143. The summed E-state index contributed by atoms with van der Waals surface area (Å²) in [6.07, 6.45) is 0.200. The monoisotopic (exact) mass is 312 g/mol. The van der Waals surface area contributed by atoms with Crippen molar-refractivity contribution in [2.24, 2.45) is 5.41 Å². The van der Waals surface area contributed by atoms with Crippen LogP contribution in [0.25, 0.3) is 0 Å². The molecule has 0 aliphatic carbocycles. The quantitative estimate of drug-likeness (QED) is 0.335. The Hall–Kier alpha value is -1.55. The topological polar surface area (TPSA) is 52.6 Å². The number of ether oxygens (including phenoxy) is 2. The van der Waals surface area contributed by atoms with Gasteiger partial charge in [-0.3, -0.25) is 9.59 Å². The first kappa shape index (κ1) is 17.5. The van der Waals surface area contributed by atoms with Gasteiger partial charge in [0.25, 0.3) is 0 Å². The molecule has 0 aliphatic rings. The zero-order valence-electron chi connectivity index (χ0n) is 12.6. The van der Waals surface area contributed by atoms with Gasteiger partial charge in [0.1, 0.15) is 19.0 Å². The second-order valence-electron chi connectivity index (χ2n) is 5.61. The minimum atomic E-state index is -0.404. The van der Waals surface area contributed by atoms with Gasteiger partial charge in [0.15, 0.2) is 5.78 Å². The summed E-state index contributed by atoms with van der Waals surface area (Å²) in [7, 11) is 0. The highest BCUT2D eigenvalue weighted by molar-refractivity contribution is 6.18. The van der Waals surface area contributed by atoms with Crippen LogP contribution in [-0.2, 0) is 9.53 Å². The van der Waals surface area contributed by atoms with Crippen molar-refractivity contribution in [3.8, 4) is 5.75 Å². The smallest absolute Gasteiger partial charge is 0.307 e. The number of carbonyl (C=O) groups is 2. The van der Waals surface area contributed by atoms with Crippen LogP contribution in [0.3, 0.4) is 0 Å². The molecule has 1 aromatic carbocycles. The van der Waals surface area contributed by atoms with Crippen LogP contribution in [0, 0.1) is 5.41 Å². The largest absolute Gasteiger partial charge is 0.490 e. The van der Waals surface area contributed by atoms with Gasteiger partial charge in [0.2, 0.25) is 0 Å². The van der Waals surface area contributed by atoms with Crippen LogP contribution in [0.2, 0.25) is 0 Å². The standard InChI is InChI=1S/C16H21ClO4/c1-16(2,3)15(19)12-4-6-13(7-5-12)20-10-11-21-14(18)8-9-17/h4-7H,8-11H2,1-3H3. The molecule has 4 nitrogen and oxygen atoms in total. The molecule has 0 aromatic heterocycles. The van der Waals surface area contributed by atoms with Gasteiger partial charge >= 0.3 is 5.97 Å². The number of esters is 1. The van der Waals surface area contributed by atoms with Crippen molar-refractivity contribution in [1.29, 1.82) is 0 Å². The number of hydrogen-bond donors (Lipinski definition) is 0. The molecule has 0 saturated heterocycles. The molecule has 5 heteroatoms. The van der Waals surface area contributed by atoms with Crippen molar-refractivity contribution in [3.63, 3.8) is 0 Å². The molecule has 1 rings (SSSR count). The van der Waals surface area contributed by atoms with E-state index < -0.39 is 5.41 Å². The molecule has 1 aromatic rings. The van der Waals surface area contributed by atoms with Gasteiger partial charge in [0, 0.05) is 16.9 Å². The predicted molar refractivity (Wildman–Crippen MR) is 82.0 cm³/mol. The average molecular weight is 313 g/mol. The van der Waals surface area contributed by atoms with E-state index in [4.69, 9.17) is 21.1 Å². The molecule has 21 heavy (non-hydrogen) atoms. The van der Waals surface area contributed by atoms with E-state index in [0.29, 0.717) is 11.3 Å². The average Bonchev–Trinajstić information content (AvgIpc) is 2.43. The Kier molecular flexibility index (Phi) is 6.69. The zero-order valence-corrected chi connectivity index (χ0v) is 13.4. The molecule has 0 aliphatic heterocycles. The maximum atomic E-state index is 12.1. The first-order valence-electron chi connectivity index (χ1n) is 6.84. The van der Waals surface area contributed by atoms with Crippen molar-refractivity contribution in [2.45, 2.75) is 27.2 Å². The number of rotatable bonds is 7. The Labute approximate surface area is 130 Å². The van der Waals surface area contributed by atoms with Crippen LogP contribution >= 0.6 is 11.6 Å². The minimum Gasteiger partial charge on any atom is -0.490 e. The van der Waals surface area contributed by atoms with Crippen LogP contribution in [0.5, 0.6) is 5.75 Å². The fourth-order valence-corrected chi connectivity index (χ4v) is 1.75. The normalized spacial score (nSPS) is 11.0. The van der Waals surface area contributed by atoms with Gasteiger partial charge in [-0.05, 0) is 24.3 Å². The predicted octanol–water partition coefficient (Wildman–Crippen LogP) is 3.47. The highest BCUT2D eigenvalue weighted by atomic mass is 35.5. The summed E-state index contributed by atoms with van der Waals surface area (Å²) in [4.78, 5) is 23.1. The number of halogens is 1. The summed E-state index contributed by atoms with van der Waals surface area (Å²) >= 11 is 5.42. The highest BCUT2D eigenvalue weighted by Crippen LogP contribution is 2.22. The molecule has 0 heterocycles. The molecule has 0 atom stereocenters. The van der Waals surface area contributed by atoms with E-state index >= 15 is 0 Å². The molecule has 0 unspecified atom stereocenters. The number of ketones is 1. The molecule has 0 spiro atoms. The van der Waals surface area contributed by atoms with Gasteiger partial charge in [-0.15, -0.1) is 11.6 Å². The number of hydrogen-bond acceptors (Lipinski definition) is 4. The van der Waals surface area contributed by atoms with Crippen LogP contribution in [0.15, 0.2) is 24.3 Å². The fourth-order valence-electron chi connectivity index (χ4n) is 1.60. The number of Topliss-reactive ketones (excluding diaryl/α,β-unsaturated/α-hetero) is 1. The third-order valence-corrected chi connectivity index (χ3v) is 2.90. The third-order valence-electron chi connectivity index (χ3n) is 2.71. The van der Waals surface area contributed by atoms with Crippen molar-refractivity contribution in [1.82, 2.24) is 0 Å². The van der Waals surface area contributed by atoms with Crippen molar-refractivity contribution < 1.29 is 19.1 Å². The van der Waals surface area contributed by atoms with Crippen LogP contribution < -0.4 is 4.74 Å². The number of alkyl halides is 1. The number of carbonyl (C=O) groups excluding carboxylic acids is 2. The SMILES string of the molecule is CC(C)(C)C(=O)c1ccc(OCCOC(=O)CCCl)cc1. The van der Waals surface area contributed by atoms with E-state index in [1.165, 1.54) is 0 Å². The summed E-state index contributed by atoms with van der Waals surface area (Å²) < 4.78 is 10.3. The highest BCUT2D eigenvalue weighted by Gasteiger charge is 2.22. The molecule has 0 bridgehead atoms. The summed E-state index contributed by atoms with van der Waals surface area (Å²) in [5.41, 5.74) is 0.252. The molecule has 0 saturated carbocycles. The van der Waals surface area contributed by atoms with Crippen molar-refractivity contribution in [3.05, 3.63) is 29.8 Å². The van der Waals surface area contributed by atoms with E-state index in [9.17, 15) is 9.59 Å². The summed E-state index contributed by atoms with van der Waals surface area (Å²) in [5, 5.41) is 0. The van der Waals surface area contributed by atoms with E-state index in [1.807, 2.05) is 20.8 Å².